The molecule has 0 spiro atoms. The van der Waals surface area contributed by atoms with Crippen LogP contribution in [0.25, 0.3) is 0 Å². The highest BCUT2D eigenvalue weighted by atomic mass is 35.5. The van der Waals surface area contributed by atoms with Crippen molar-refractivity contribution in [3.8, 4) is 0 Å². The molecule has 0 amide bonds. The molecular formula is C16H18ClN3. The number of hydrogen-bond acceptors (Lipinski definition) is 3. The predicted octanol–water partition coefficient (Wildman–Crippen LogP) is 3.19. The van der Waals surface area contributed by atoms with Gasteiger partial charge in [0.25, 0.3) is 0 Å². The minimum atomic E-state index is 0.449. The van der Waals surface area contributed by atoms with Crippen LogP contribution in [0.3, 0.4) is 0 Å². The third-order valence-corrected chi connectivity index (χ3v) is 4.34. The number of aromatic nitrogens is 1. The second-order valence-electron chi connectivity index (χ2n) is 5.15. The van der Waals surface area contributed by atoms with Gasteiger partial charge in [0, 0.05) is 31.7 Å². The van der Waals surface area contributed by atoms with Crippen molar-refractivity contribution in [3.05, 3.63) is 58.7 Å². The lowest BCUT2D eigenvalue weighted by Gasteiger charge is -2.20. The van der Waals surface area contributed by atoms with Gasteiger partial charge in [-0.05, 0) is 23.6 Å². The molecule has 104 valence electrons. The van der Waals surface area contributed by atoms with Gasteiger partial charge in [-0.3, -0.25) is 0 Å². The van der Waals surface area contributed by atoms with Gasteiger partial charge < -0.3 is 10.6 Å². The first kappa shape index (κ1) is 13.4. The molecule has 1 saturated heterocycles. The highest BCUT2D eigenvalue weighted by Crippen LogP contribution is 2.34. The molecule has 2 aromatic rings. The van der Waals surface area contributed by atoms with E-state index in [0.29, 0.717) is 17.5 Å². The summed E-state index contributed by atoms with van der Waals surface area (Å²) >= 11 is 6.40. The predicted molar refractivity (Wildman–Crippen MR) is 83.2 cm³/mol. The molecule has 0 aliphatic carbocycles. The molecule has 1 atom stereocenters. The van der Waals surface area contributed by atoms with Crippen molar-refractivity contribution in [3.63, 3.8) is 0 Å². The number of benzene rings is 1. The van der Waals surface area contributed by atoms with Crippen LogP contribution in [0.5, 0.6) is 0 Å². The lowest BCUT2D eigenvalue weighted by Crippen LogP contribution is -2.21. The SMILES string of the molecule is NCc1ccnc(N2CCC(c3ccccc3)C2)c1Cl. The smallest absolute Gasteiger partial charge is 0.147 e. The fourth-order valence-corrected chi connectivity index (χ4v) is 3.11. The van der Waals surface area contributed by atoms with Gasteiger partial charge in [0.05, 0.1) is 5.02 Å². The van der Waals surface area contributed by atoms with Gasteiger partial charge in [-0.2, -0.15) is 0 Å². The third kappa shape index (κ3) is 2.51. The Labute approximate surface area is 124 Å². The van der Waals surface area contributed by atoms with Crippen LogP contribution >= 0.6 is 11.6 Å². The zero-order valence-electron chi connectivity index (χ0n) is 11.3. The second kappa shape index (κ2) is 5.81. The van der Waals surface area contributed by atoms with Gasteiger partial charge in [-0.25, -0.2) is 4.98 Å². The second-order valence-corrected chi connectivity index (χ2v) is 5.53. The zero-order valence-corrected chi connectivity index (χ0v) is 12.1. The number of anilines is 1. The molecule has 1 aromatic carbocycles. The summed E-state index contributed by atoms with van der Waals surface area (Å²) < 4.78 is 0. The molecule has 4 heteroatoms. The summed E-state index contributed by atoms with van der Waals surface area (Å²) in [6.45, 7) is 2.40. The summed E-state index contributed by atoms with van der Waals surface area (Å²) in [5.41, 5.74) is 8.05. The lowest BCUT2D eigenvalue weighted by atomic mass is 9.99. The Bertz CT molecular complexity index is 586. The van der Waals surface area contributed by atoms with E-state index in [1.165, 1.54) is 5.56 Å². The molecule has 0 bridgehead atoms. The summed E-state index contributed by atoms with van der Waals surface area (Å²) in [4.78, 5) is 6.70. The summed E-state index contributed by atoms with van der Waals surface area (Å²) in [6.07, 6.45) is 2.92. The van der Waals surface area contributed by atoms with Crippen LogP contribution < -0.4 is 10.6 Å². The molecular weight excluding hydrogens is 270 g/mol. The van der Waals surface area contributed by atoms with Crippen molar-refractivity contribution in [2.75, 3.05) is 18.0 Å². The van der Waals surface area contributed by atoms with Gasteiger partial charge >= 0.3 is 0 Å². The molecule has 1 aliphatic heterocycles. The van der Waals surface area contributed by atoms with E-state index >= 15 is 0 Å². The summed E-state index contributed by atoms with van der Waals surface area (Å²) in [7, 11) is 0. The molecule has 3 rings (SSSR count). The van der Waals surface area contributed by atoms with E-state index in [1.54, 1.807) is 6.20 Å². The van der Waals surface area contributed by atoms with Crippen molar-refractivity contribution in [2.45, 2.75) is 18.9 Å². The first-order valence-corrected chi connectivity index (χ1v) is 7.30. The van der Waals surface area contributed by atoms with E-state index in [-0.39, 0.29) is 0 Å². The topological polar surface area (TPSA) is 42.1 Å². The van der Waals surface area contributed by atoms with E-state index in [1.807, 2.05) is 6.07 Å². The number of pyridine rings is 1. The standard InChI is InChI=1S/C16H18ClN3/c17-15-13(10-18)6-8-19-16(15)20-9-7-14(11-20)12-4-2-1-3-5-12/h1-6,8,14H,7,9-11,18H2. The van der Waals surface area contributed by atoms with E-state index < -0.39 is 0 Å². The zero-order chi connectivity index (χ0) is 13.9. The van der Waals surface area contributed by atoms with Crippen LogP contribution in [0.1, 0.15) is 23.5 Å². The fourth-order valence-electron chi connectivity index (χ4n) is 2.80. The van der Waals surface area contributed by atoms with Gasteiger partial charge in [-0.1, -0.05) is 41.9 Å². The van der Waals surface area contributed by atoms with E-state index in [2.05, 4.69) is 40.2 Å². The van der Waals surface area contributed by atoms with E-state index in [4.69, 9.17) is 17.3 Å². The highest BCUT2D eigenvalue weighted by molar-refractivity contribution is 6.33. The molecule has 2 N–H and O–H groups in total. The maximum atomic E-state index is 6.40. The summed E-state index contributed by atoms with van der Waals surface area (Å²) in [5, 5.41) is 0.698. The highest BCUT2D eigenvalue weighted by Gasteiger charge is 2.26. The number of nitrogens with two attached hydrogens (primary N) is 1. The van der Waals surface area contributed by atoms with Gasteiger partial charge in [-0.15, -0.1) is 0 Å². The fraction of sp³-hybridized carbons (Fsp3) is 0.312. The third-order valence-electron chi connectivity index (χ3n) is 3.93. The molecule has 2 heterocycles. The quantitative estimate of drug-likeness (QED) is 0.943. The Hall–Kier alpha value is -1.58. The van der Waals surface area contributed by atoms with Gasteiger partial charge in [0.15, 0.2) is 0 Å². The minimum Gasteiger partial charge on any atom is -0.355 e. The number of hydrogen-bond donors (Lipinski definition) is 1. The van der Waals surface area contributed by atoms with Crippen LogP contribution in [0.15, 0.2) is 42.6 Å². The van der Waals surface area contributed by atoms with Crippen LogP contribution in [-0.4, -0.2) is 18.1 Å². The Morgan fingerprint density at radius 1 is 1.25 bits per heavy atom. The molecule has 1 unspecified atom stereocenters. The largest absolute Gasteiger partial charge is 0.355 e. The van der Waals surface area contributed by atoms with Gasteiger partial charge in [0.2, 0.25) is 0 Å². The van der Waals surface area contributed by atoms with Crippen molar-refractivity contribution in [1.82, 2.24) is 4.98 Å². The van der Waals surface area contributed by atoms with Crippen molar-refractivity contribution >= 4 is 17.4 Å². The van der Waals surface area contributed by atoms with Crippen molar-refractivity contribution in [1.29, 1.82) is 0 Å². The molecule has 1 aromatic heterocycles. The summed E-state index contributed by atoms with van der Waals surface area (Å²) in [5.74, 6) is 1.42. The van der Waals surface area contributed by atoms with Crippen molar-refractivity contribution in [2.24, 2.45) is 5.73 Å². The van der Waals surface area contributed by atoms with Crippen LogP contribution in [0.2, 0.25) is 5.02 Å². The molecule has 20 heavy (non-hydrogen) atoms. The van der Waals surface area contributed by atoms with Gasteiger partial charge in [0.1, 0.15) is 5.82 Å². The number of nitrogens with zero attached hydrogens (tertiary/aromatic N) is 2. The summed E-state index contributed by atoms with van der Waals surface area (Å²) in [6, 6.07) is 12.5. The van der Waals surface area contributed by atoms with E-state index in [9.17, 15) is 0 Å². The normalized spacial score (nSPS) is 18.5. The van der Waals surface area contributed by atoms with Crippen LogP contribution in [0.4, 0.5) is 5.82 Å². The first-order chi connectivity index (χ1) is 9.79. The average molecular weight is 288 g/mol. The molecule has 0 radical (unpaired) electrons. The first-order valence-electron chi connectivity index (χ1n) is 6.93. The number of halogens is 1. The minimum absolute atomic E-state index is 0.449. The molecule has 1 aliphatic rings. The van der Waals surface area contributed by atoms with Crippen molar-refractivity contribution < 1.29 is 0 Å². The Kier molecular flexibility index (Phi) is 3.90. The Morgan fingerprint density at radius 3 is 2.80 bits per heavy atom. The monoisotopic (exact) mass is 287 g/mol. The maximum Gasteiger partial charge on any atom is 0.147 e. The van der Waals surface area contributed by atoms with Crippen LogP contribution in [0, 0.1) is 0 Å². The molecule has 3 nitrogen and oxygen atoms in total. The molecule has 0 saturated carbocycles. The van der Waals surface area contributed by atoms with E-state index in [0.717, 1.165) is 30.9 Å². The Morgan fingerprint density at radius 2 is 2.05 bits per heavy atom. The average Bonchev–Trinajstić information content (AvgIpc) is 2.98. The Balaban J connectivity index is 1.81. The lowest BCUT2D eigenvalue weighted by molar-refractivity contribution is 0.774. The maximum absolute atomic E-state index is 6.40. The number of rotatable bonds is 3. The van der Waals surface area contributed by atoms with Crippen LogP contribution in [-0.2, 0) is 6.54 Å². The molecule has 1 fully saturated rings.